The lowest BCUT2D eigenvalue weighted by molar-refractivity contribution is -0.123. The van der Waals surface area contributed by atoms with E-state index in [1.807, 2.05) is 31.2 Å². The van der Waals surface area contributed by atoms with Crippen molar-refractivity contribution in [2.24, 2.45) is 0 Å². The van der Waals surface area contributed by atoms with Crippen LogP contribution in [0.15, 0.2) is 59.5 Å². The molecule has 0 aliphatic carbocycles. The van der Waals surface area contributed by atoms with Crippen LogP contribution in [0.1, 0.15) is 18.1 Å². The first-order valence-corrected chi connectivity index (χ1v) is 10.5. The van der Waals surface area contributed by atoms with Crippen LogP contribution >= 0.6 is 11.8 Å². The molecule has 31 heavy (non-hydrogen) atoms. The normalized spacial score (nSPS) is 15.2. The van der Waals surface area contributed by atoms with Crippen LogP contribution in [-0.2, 0) is 9.59 Å². The number of nitrogens with one attached hydrogen (secondary N) is 1. The Morgan fingerprint density at radius 2 is 1.90 bits per heavy atom. The van der Waals surface area contributed by atoms with Crippen LogP contribution < -0.4 is 10.1 Å². The van der Waals surface area contributed by atoms with Crippen molar-refractivity contribution in [2.45, 2.75) is 6.92 Å². The van der Waals surface area contributed by atoms with Gasteiger partial charge in [0.15, 0.2) is 0 Å². The topological polar surface area (TPSA) is 75.7 Å². The number of hydrogen-bond acceptors (Lipinski definition) is 5. The third-order valence-corrected chi connectivity index (χ3v) is 5.23. The monoisotopic (exact) mass is 440 g/mol. The lowest BCUT2D eigenvalue weighted by Gasteiger charge is -2.12. The minimum atomic E-state index is -0.502. The van der Waals surface area contributed by atoms with Gasteiger partial charge in [-0.2, -0.15) is 0 Å². The van der Waals surface area contributed by atoms with E-state index in [-0.39, 0.29) is 29.5 Å². The number of thioether (sulfide) groups is 1. The zero-order chi connectivity index (χ0) is 22.2. The SMILES string of the molecule is CCOc1ccc(/C=C/C(=O)NCCN2C(=O)S/C(=C\c3ccccc3F)C2=O)cc1. The van der Waals surface area contributed by atoms with Crippen molar-refractivity contribution >= 4 is 41.0 Å². The Morgan fingerprint density at radius 3 is 2.61 bits per heavy atom. The average molecular weight is 440 g/mol. The highest BCUT2D eigenvalue weighted by Gasteiger charge is 2.34. The molecule has 1 heterocycles. The molecule has 3 rings (SSSR count). The number of amides is 3. The number of imide groups is 1. The largest absolute Gasteiger partial charge is 0.494 e. The number of hydrogen-bond donors (Lipinski definition) is 1. The molecule has 0 bridgehead atoms. The second-order valence-corrected chi connectivity index (χ2v) is 7.47. The lowest BCUT2D eigenvalue weighted by atomic mass is 10.2. The van der Waals surface area contributed by atoms with Gasteiger partial charge in [0.1, 0.15) is 11.6 Å². The summed E-state index contributed by atoms with van der Waals surface area (Å²) in [5.41, 5.74) is 1.07. The van der Waals surface area contributed by atoms with Gasteiger partial charge in [-0.1, -0.05) is 30.3 Å². The summed E-state index contributed by atoms with van der Waals surface area (Å²) < 4.78 is 19.1. The lowest BCUT2D eigenvalue weighted by Crippen LogP contribution is -2.36. The fraction of sp³-hybridized carbons (Fsp3) is 0.174. The molecule has 2 aromatic carbocycles. The maximum absolute atomic E-state index is 13.8. The van der Waals surface area contributed by atoms with Crippen LogP contribution in [0.2, 0.25) is 0 Å². The molecule has 1 saturated heterocycles. The summed E-state index contributed by atoms with van der Waals surface area (Å²) in [5.74, 6) is -0.564. The summed E-state index contributed by atoms with van der Waals surface area (Å²) >= 11 is 0.751. The van der Waals surface area contributed by atoms with Crippen LogP contribution in [0.5, 0.6) is 5.75 Å². The first kappa shape index (κ1) is 22.3. The Morgan fingerprint density at radius 1 is 1.16 bits per heavy atom. The van der Waals surface area contributed by atoms with E-state index in [9.17, 15) is 18.8 Å². The highest BCUT2D eigenvalue weighted by atomic mass is 32.2. The zero-order valence-electron chi connectivity index (χ0n) is 16.8. The Balaban J connectivity index is 1.50. The second kappa shape index (κ2) is 10.6. The Bertz CT molecular complexity index is 1030. The van der Waals surface area contributed by atoms with Gasteiger partial charge in [0.25, 0.3) is 11.1 Å². The molecular formula is C23H21FN2O4S. The minimum Gasteiger partial charge on any atom is -0.494 e. The molecule has 0 saturated carbocycles. The van der Waals surface area contributed by atoms with Crippen molar-refractivity contribution in [3.8, 4) is 5.75 Å². The van der Waals surface area contributed by atoms with Crippen molar-refractivity contribution in [2.75, 3.05) is 19.7 Å². The van der Waals surface area contributed by atoms with Gasteiger partial charge in [0, 0.05) is 24.7 Å². The number of halogens is 1. The molecule has 8 heteroatoms. The van der Waals surface area contributed by atoms with Gasteiger partial charge in [-0.3, -0.25) is 19.3 Å². The Kier molecular flexibility index (Phi) is 7.61. The Labute approximate surface area is 183 Å². The van der Waals surface area contributed by atoms with E-state index in [4.69, 9.17) is 4.74 Å². The van der Waals surface area contributed by atoms with Crippen molar-refractivity contribution in [1.82, 2.24) is 10.2 Å². The standard InChI is InChI=1S/C23H21FN2O4S/c1-2-30-18-10-7-16(8-11-18)9-12-21(27)25-13-14-26-22(28)20(31-23(26)29)15-17-5-3-4-6-19(17)24/h3-12,15H,2,13-14H2,1H3,(H,25,27)/b12-9+,20-15-. The van der Waals surface area contributed by atoms with Gasteiger partial charge in [0.2, 0.25) is 5.91 Å². The van der Waals surface area contributed by atoms with Crippen molar-refractivity contribution in [3.05, 3.63) is 76.5 Å². The molecule has 0 atom stereocenters. The van der Waals surface area contributed by atoms with Crippen molar-refractivity contribution in [1.29, 1.82) is 0 Å². The van der Waals surface area contributed by atoms with E-state index in [0.717, 1.165) is 28.0 Å². The third-order valence-electron chi connectivity index (χ3n) is 4.32. The molecule has 0 unspecified atom stereocenters. The van der Waals surface area contributed by atoms with Crippen LogP contribution in [0.3, 0.4) is 0 Å². The summed E-state index contributed by atoms with van der Waals surface area (Å²) in [6.07, 6.45) is 4.39. The van der Waals surface area contributed by atoms with Crippen LogP contribution in [0, 0.1) is 5.82 Å². The van der Waals surface area contributed by atoms with Crippen LogP contribution in [0.4, 0.5) is 9.18 Å². The van der Waals surface area contributed by atoms with E-state index in [1.165, 1.54) is 24.3 Å². The molecule has 1 aliphatic rings. The summed E-state index contributed by atoms with van der Waals surface area (Å²) in [4.78, 5) is 37.8. The van der Waals surface area contributed by atoms with E-state index in [0.29, 0.717) is 6.61 Å². The first-order chi connectivity index (χ1) is 15.0. The minimum absolute atomic E-state index is 0.0297. The summed E-state index contributed by atoms with van der Waals surface area (Å²) in [6, 6.07) is 13.3. The third kappa shape index (κ3) is 6.05. The molecule has 1 fully saturated rings. The van der Waals surface area contributed by atoms with E-state index >= 15 is 0 Å². The summed E-state index contributed by atoms with van der Waals surface area (Å²) in [7, 11) is 0. The summed E-state index contributed by atoms with van der Waals surface area (Å²) in [6.45, 7) is 2.62. The van der Waals surface area contributed by atoms with E-state index in [1.54, 1.807) is 18.2 Å². The van der Waals surface area contributed by atoms with Crippen LogP contribution in [-0.4, -0.2) is 41.6 Å². The quantitative estimate of drug-likeness (QED) is 0.626. The van der Waals surface area contributed by atoms with Crippen molar-refractivity contribution in [3.63, 3.8) is 0 Å². The van der Waals surface area contributed by atoms with Gasteiger partial charge >= 0.3 is 0 Å². The molecule has 0 aromatic heterocycles. The van der Waals surface area contributed by atoms with Crippen molar-refractivity contribution < 1.29 is 23.5 Å². The molecule has 0 spiro atoms. The maximum atomic E-state index is 13.8. The number of nitrogens with zero attached hydrogens (tertiary/aromatic N) is 1. The second-order valence-electron chi connectivity index (χ2n) is 6.48. The van der Waals surface area contributed by atoms with Gasteiger partial charge in [-0.05, 0) is 54.6 Å². The number of carbonyl (C=O) groups is 3. The molecular weight excluding hydrogens is 419 g/mol. The number of rotatable bonds is 8. The predicted molar refractivity (Wildman–Crippen MR) is 119 cm³/mol. The molecule has 160 valence electrons. The van der Waals surface area contributed by atoms with Gasteiger partial charge in [-0.25, -0.2) is 4.39 Å². The highest BCUT2D eigenvalue weighted by Crippen LogP contribution is 2.32. The van der Waals surface area contributed by atoms with Gasteiger partial charge in [0.05, 0.1) is 11.5 Å². The molecule has 3 amide bonds. The van der Waals surface area contributed by atoms with Crippen LogP contribution in [0.25, 0.3) is 12.2 Å². The molecule has 1 N–H and O–H groups in total. The maximum Gasteiger partial charge on any atom is 0.293 e. The smallest absolute Gasteiger partial charge is 0.293 e. The zero-order valence-corrected chi connectivity index (χ0v) is 17.7. The van der Waals surface area contributed by atoms with Gasteiger partial charge in [-0.15, -0.1) is 0 Å². The first-order valence-electron chi connectivity index (χ1n) is 9.66. The predicted octanol–water partition coefficient (Wildman–Crippen LogP) is 4.09. The Hall–Kier alpha value is -3.39. The number of ether oxygens (including phenoxy) is 1. The molecule has 1 aliphatic heterocycles. The average Bonchev–Trinajstić information content (AvgIpc) is 3.02. The van der Waals surface area contributed by atoms with Gasteiger partial charge < -0.3 is 10.1 Å². The molecule has 0 radical (unpaired) electrons. The molecule has 6 nitrogen and oxygen atoms in total. The van der Waals surface area contributed by atoms with E-state index < -0.39 is 17.0 Å². The highest BCUT2D eigenvalue weighted by molar-refractivity contribution is 8.18. The summed E-state index contributed by atoms with van der Waals surface area (Å²) in [5, 5.41) is 2.19. The number of benzene rings is 2. The number of carbonyl (C=O) groups excluding carboxylic acids is 3. The fourth-order valence-electron chi connectivity index (χ4n) is 2.79. The van der Waals surface area contributed by atoms with E-state index in [2.05, 4.69) is 5.32 Å². The molecule has 2 aromatic rings. The fourth-order valence-corrected chi connectivity index (χ4v) is 3.65.